The summed E-state index contributed by atoms with van der Waals surface area (Å²) < 4.78 is 5.67. The Kier molecular flexibility index (Phi) is 7.39. The lowest BCUT2D eigenvalue weighted by molar-refractivity contribution is 0.0950. The van der Waals surface area contributed by atoms with E-state index in [4.69, 9.17) is 11.2 Å². The number of nitrogens with one attached hydrogen (secondary N) is 2. The SMILES string of the molecule is C#CCNCCCOc1cccc(C(=O)NCc2ccccc2)c1. The van der Waals surface area contributed by atoms with Crippen molar-refractivity contribution in [3.05, 3.63) is 65.7 Å². The number of carbonyl (C=O) groups is 1. The van der Waals surface area contributed by atoms with Gasteiger partial charge >= 0.3 is 0 Å². The number of rotatable bonds is 9. The Morgan fingerprint density at radius 3 is 2.75 bits per heavy atom. The topological polar surface area (TPSA) is 50.4 Å². The Hall–Kier alpha value is -2.77. The third-order valence-corrected chi connectivity index (χ3v) is 3.39. The van der Waals surface area contributed by atoms with Crippen molar-refractivity contribution in [3.8, 4) is 18.1 Å². The summed E-state index contributed by atoms with van der Waals surface area (Å²) in [5.74, 6) is 3.11. The highest BCUT2D eigenvalue weighted by molar-refractivity contribution is 5.94. The molecule has 1 amide bonds. The van der Waals surface area contributed by atoms with Gasteiger partial charge in [-0.1, -0.05) is 42.3 Å². The van der Waals surface area contributed by atoms with Crippen LogP contribution in [-0.4, -0.2) is 25.6 Å². The van der Waals surface area contributed by atoms with E-state index in [0.717, 1.165) is 18.5 Å². The first kappa shape index (κ1) is 17.6. The lowest BCUT2D eigenvalue weighted by Crippen LogP contribution is -2.22. The summed E-state index contributed by atoms with van der Waals surface area (Å²) in [6, 6.07) is 17.0. The van der Waals surface area contributed by atoms with Gasteiger partial charge in [0.2, 0.25) is 0 Å². The molecule has 2 N–H and O–H groups in total. The molecule has 0 radical (unpaired) electrons. The van der Waals surface area contributed by atoms with Crippen molar-refractivity contribution < 1.29 is 9.53 Å². The van der Waals surface area contributed by atoms with Crippen molar-refractivity contribution in [2.45, 2.75) is 13.0 Å². The van der Waals surface area contributed by atoms with Crippen LogP contribution in [0.15, 0.2) is 54.6 Å². The highest BCUT2D eigenvalue weighted by Crippen LogP contribution is 2.13. The summed E-state index contributed by atoms with van der Waals surface area (Å²) in [4.78, 5) is 12.2. The number of hydrogen-bond donors (Lipinski definition) is 2. The molecule has 0 fully saturated rings. The minimum Gasteiger partial charge on any atom is -0.494 e. The third-order valence-electron chi connectivity index (χ3n) is 3.39. The van der Waals surface area contributed by atoms with Gasteiger partial charge in [0.25, 0.3) is 5.91 Å². The highest BCUT2D eigenvalue weighted by atomic mass is 16.5. The second-order valence-electron chi connectivity index (χ2n) is 5.28. The van der Waals surface area contributed by atoms with E-state index in [1.54, 1.807) is 12.1 Å². The van der Waals surface area contributed by atoms with Crippen LogP contribution in [0.4, 0.5) is 0 Å². The number of terminal acetylenes is 1. The molecule has 0 unspecified atom stereocenters. The average Bonchev–Trinajstić information content (AvgIpc) is 2.64. The van der Waals surface area contributed by atoms with Crippen LogP contribution < -0.4 is 15.4 Å². The van der Waals surface area contributed by atoms with Gasteiger partial charge in [-0.05, 0) is 36.7 Å². The molecule has 0 spiro atoms. The van der Waals surface area contributed by atoms with Crippen molar-refractivity contribution in [1.82, 2.24) is 10.6 Å². The predicted molar refractivity (Wildman–Crippen MR) is 95.9 cm³/mol. The zero-order valence-electron chi connectivity index (χ0n) is 13.6. The fraction of sp³-hybridized carbons (Fsp3) is 0.250. The number of amides is 1. The minimum atomic E-state index is -0.111. The van der Waals surface area contributed by atoms with Gasteiger partial charge in [0.15, 0.2) is 0 Å². The van der Waals surface area contributed by atoms with Gasteiger partial charge in [-0.2, -0.15) is 0 Å². The van der Waals surface area contributed by atoms with Gasteiger partial charge in [-0.25, -0.2) is 0 Å². The summed E-state index contributed by atoms with van der Waals surface area (Å²) in [5, 5.41) is 6.01. The number of ether oxygens (including phenoxy) is 1. The number of hydrogen-bond acceptors (Lipinski definition) is 3. The van der Waals surface area contributed by atoms with Gasteiger partial charge in [0, 0.05) is 12.1 Å². The fourth-order valence-corrected chi connectivity index (χ4v) is 2.16. The zero-order chi connectivity index (χ0) is 17.0. The molecule has 4 nitrogen and oxygen atoms in total. The number of benzene rings is 2. The van der Waals surface area contributed by atoms with E-state index in [2.05, 4.69) is 16.6 Å². The second kappa shape index (κ2) is 10.1. The summed E-state index contributed by atoms with van der Waals surface area (Å²) >= 11 is 0. The van der Waals surface area contributed by atoms with E-state index >= 15 is 0 Å². The van der Waals surface area contributed by atoms with Gasteiger partial charge < -0.3 is 15.4 Å². The van der Waals surface area contributed by atoms with Crippen LogP contribution in [0.1, 0.15) is 22.3 Å². The Labute approximate surface area is 143 Å². The van der Waals surface area contributed by atoms with Crippen LogP contribution in [0.2, 0.25) is 0 Å². The molecule has 124 valence electrons. The van der Waals surface area contributed by atoms with Crippen molar-refractivity contribution in [2.75, 3.05) is 19.7 Å². The summed E-state index contributed by atoms with van der Waals surface area (Å²) in [7, 11) is 0. The van der Waals surface area contributed by atoms with Crippen LogP contribution in [0.5, 0.6) is 5.75 Å². The maximum atomic E-state index is 12.2. The van der Waals surface area contributed by atoms with E-state index in [1.165, 1.54) is 0 Å². The molecule has 2 rings (SSSR count). The molecule has 24 heavy (non-hydrogen) atoms. The fourth-order valence-electron chi connectivity index (χ4n) is 2.16. The molecule has 0 heterocycles. The van der Waals surface area contributed by atoms with E-state index < -0.39 is 0 Å². The smallest absolute Gasteiger partial charge is 0.251 e. The third kappa shape index (κ3) is 6.15. The summed E-state index contributed by atoms with van der Waals surface area (Å²) in [5.41, 5.74) is 1.66. The molecule has 0 aliphatic heterocycles. The maximum absolute atomic E-state index is 12.2. The summed E-state index contributed by atoms with van der Waals surface area (Å²) in [6.07, 6.45) is 6.01. The van der Waals surface area contributed by atoms with Gasteiger partial charge in [0.1, 0.15) is 5.75 Å². The lowest BCUT2D eigenvalue weighted by atomic mass is 10.2. The van der Waals surface area contributed by atoms with Crippen molar-refractivity contribution >= 4 is 5.91 Å². The van der Waals surface area contributed by atoms with Crippen molar-refractivity contribution in [2.24, 2.45) is 0 Å². The molecule has 0 atom stereocenters. The first-order valence-corrected chi connectivity index (χ1v) is 7.99. The van der Waals surface area contributed by atoms with Crippen LogP contribution >= 0.6 is 0 Å². The Bertz CT molecular complexity index is 678. The molecular formula is C20H22N2O2. The van der Waals surface area contributed by atoms with Crippen LogP contribution in [0.25, 0.3) is 0 Å². The molecule has 0 bridgehead atoms. The lowest BCUT2D eigenvalue weighted by Gasteiger charge is -2.09. The largest absolute Gasteiger partial charge is 0.494 e. The van der Waals surface area contributed by atoms with Crippen LogP contribution in [0.3, 0.4) is 0 Å². The molecule has 0 aliphatic rings. The molecule has 0 aliphatic carbocycles. The van der Waals surface area contributed by atoms with E-state index in [9.17, 15) is 4.79 Å². The van der Waals surface area contributed by atoms with Crippen LogP contribution in [0, 0.1) is 12.3 Å². The molecule has 0 saturated heterocycles. The van der Waals surface area contributed by atoms with Gasteiger partial charge in [-0.15, -0.1) is 6.42 Å². The highest BCUT2D eigenvalue weighted by Gasteiger charge is 2.06. The summed E-state index contributed by atoms with van der Waals surface area (Å²) in [6.45, 7) is 2.46. The normalized spacial score (nSPS) is 9.96. The average molecular weight is 322 g/mol. The Morgan fingerprint density at radius 1 is 1.12 bits per heavy atom. The first-order valence-electron chi connectivity index (χ1n) is 7.99. The quantitative estimate of drug-likeness (QED) is 0.551. The van der Waals surface area contributed by atoms with Crippen molar-refractivity contribution in [1.29, 1.82) is 0 Å². The van der Waals surface area contributed by atoms with E-state index in [1.807, 2.05) is 42.5 Å². The predicted octanol–water partition coefficient (Wildman–Crippen LogP) is 2.61. The van der Waals surface area contributed by atoms with Gasteiger partial charge in [0.05, 0.1) is 13.2 Å². The first-order chi connectivity index (χ1) is 11.8. The van der Waals surface area contributed by atoms with Crippen molar-refractivity contribution in [3.63, 3.8) is 0 Å². The molecular weight excluding hydrogens is 300 g/mol. The number of carbonyl (C=O) groups excluding carboxylic acids is 1. The van der Waals surface area contributed by atoms with Crippen LogP contribution in [-0.2, 0) is 6.54 Å². The molecule has 2 aromatic rings. The molecule has 0 saturated carbocycles. The van der Waals surface area contributed by atoms with Gasteiger partial charge in [-0.3, -0.25) is 4.79 Å². The standard InChI is InChI=1S/C20H22N2O2/c1-2-12-21-13-7-14-24-19-11-6-10-18(15-19)20(23)22-16-17-8-4-3-5-9-17/h1,3-6,8-11,15,21H,7,12-14,16H2,(H,22,23). The van der Waals surface area contributed by atoms with E-state index in [0.29, 0.717) is 31.0 Å². The zero-order valence-corrected chi connectivity index (χ0v) is 13.6. The molecule has 4 heteroatoms. The monoisotopic (exact) mass is 322 g/mol. The Balaban J connectivity index is 1.79. The minimum absolute atomic E-state index is 0.111. The maximum Gasteiger partial charge on any atom is 0.251 e. The second-order valence-corrected chi connectivity index (χ2v) is 5.28. The van der Waals surface area contributed by atoms with E-state index in [-0.39, 0.29) is 5.91 Å². The molecule has 2 aromatic carbocycles. The Morgan fingerprint density at radius 2 is 1.96 bits per heavy atom. The molecule has 0 aromatic heterocycles.